The summed E-state index contributed by atoms with van der Waals surface area (Å²) in [5, 5.41) is 3.63. The van der Waals surface area contributed by atoms with Crippen molar-refractivity contribution in [2.24, 2.45) is 5.16 Å². The molecule has 0 saturated carbocycles. The van der Waals surface area contributed by atoms with E-state index in [0.29, 0.717) is 32.0 Å². The average molecular weight is 344 g/mol. The molecule has 132 valence electrons. The minimum Gasteiger partial charge on any atom is -0.386 e. The average Bonchev–Trinajstić information content (AvgIpc) is 2.58. The van der Waals surface area contributed by atoms with Crippen molar-refractivity contribution < 1.29 is 22.8 Å². The van der Waals surface area contributed by atoms with E-state index in [1.807, 2.05) is 11.8 Å². The number of carbonyl (C=O) groups excluding carboxylic acids is 1. The molecule has 2 rings (SSSR count). The lowest BCUT2D eigenvalue weighted by Crippen LogP contribution is -2.49. The van der Waals surface area contributed by atoms with Crippen LogP contribution in [0.2, 0.25) is 0 Å². The molecule has 9 heteroatoms. The quantitative estimate of drug-likeness (QED) is 0.607. The number of pyridine rings is 1. The highest BCUT2D eigenvalue weighted by atomic mass is 19.4. The van der Waals surface area contributed by atoms with Crippen LogP contribution in [0.3, 0.4) is 0 Å². The van der Waals surface area contributed by atoms with Crippen molar-refractivity contribution in [2.45, 2.75) is 19.5 Å². The third kappa shape index (κ3) is 4.84. The summed E-state index contributed by atoms with van der Waals surface area (Å²) in [6.45, 7) is 3.72. The fraction of sp³-hybridized carbons (Fsp3) is 0.533. The number of aromatic nitrogens is 1. The Morgan fingerprint density at radius 2 is 2.04 bits per heavy atom. The number of hydrogen-bond donors (Lipinski definition) is 0. The van der Waals surface area contributed by atoms with Gasteiger partial charge in [-0.2, -0.15) is 13.2 Å². The normalized spacial score (nSPS) is 15.8. The van der Waals surface area contributed by atoms with E-state index in [1.165, 1.54) is 6.07 Å². The Morgan fingerprint density at radius 3 is 2.58 bits per heavy atom. The van der Waals surface area contributed by atoms with Gasteiger partial charge >= 0.3 is 6.18 Å². The maximum Gasteiger partial charge on any atom is 0.417 e. The summed E-state index contributed by atoms with van der Waals surface area (Å²) in [6.07, 6.45) is -1.27. The molecule has 0 radical (unpaired) electrons. The molecule has 1 saturated heterocycles. The van der Waals surface area contributed by atoms with E-state index in [4.69, 9.17) is 4.84 Å². The van der Waals surface area contributed by atoms with Gasteiger partial charge in [0, 0.05) is 38.6 Å². The highest BCUT2D eigenvalue weighted by molar-refractivity contribution is 5.77. The number of piperazine rings is 1. The van der Waals surface area contributed by atoms with Gasteiger partial charge in [-0.1, -0.05) is 12.1 Å². The maximum atomic E-state index is 12.5. The zero-order valence-corrected chi connectivity index (χ0v) is 13.3. The number of alkyl halides is 3. The van der Waals surface area contributed by atoms with Crippen molar-refractivity contribution in [2.75, 3.05) is 37.7 Å². The lowest BCUT2D eigenvalue weighted by atomic mass is 10.2. The molecule has 0 atom stereocenters. The van der Waals surface area contributed by atoms with Gasteiger partial charge in [-0.05, 0) is 18.6 Å². The molecule has 24 heavy (non-hydrogen) atoms. The third-order valence-corrected chi connectivity index (χ3v) is 3.55. The summed E-state index contributed by atoms with van der Waals surface area (Å²) in [7, 11) is 0. The molecular weight excluding hydrogens is 325 g/mol. The Kier molecular flexibility index (Phi) is 5.99. The van der Waals surface area contributed by atoms with E-state index < -0.39 is 11.7 Å². The molecule has 1 aliphatic rings. The largest absolute Gasteiger partial charge is 0.417 e. The van der Waals surface area contributed by atoms with Crippen molar-refractivity contribution in [1.29, 1.82) is 0 Å². The van der Waals surface area contributed by atoms with Crippen LogP contribution in [0.5, 0.6) is 0 Å². The van der Waals surface area contributed by atoms with Crippen molar-refractivity contribution in [3.8, 4) is 0 Å². The van der Waals surface area contributed by atoms with Crippen LogP contribution in [0.15, 0.2) is 23.5 Å². The lowest BCUT2D eigenvalue weighted by molar-refractivity contribution is -0.138. The van der Waals surface area contributed by atoms with Crippen molar-refractivity contribution in [3.05, 3.63) is 23.9 Å². The molecular formula is C15H19F3N4O2. The first-order chi connectivity index (χ1) is 11.4. The van der Waals surface area contributed by atoms with Gasteiger partial charge in [-0.15, -0.1) is 0 Å². The first kappa shape index (κ1) is 18.0. The van der Waals surface area contributed by atoms with Gasteiger partial charge in [-0.3, -0.25) is 4.79 Å². The van der Waals surface area contributed by atoms with E-state index in [1.54, 1.807) is 11.1 Å². The summed E-state index contributed by atoms with van der Waals surface area (Å²) < 4.78 is 37.6. The van der Waals surface area contributed by atoms with E-state index >= 15 is 0 Å². The Labute approximate surface area is 137 Å². The fourth-order valence-electron chi connectivity index (χ4n) is 2.24. The maximum absolute atomic E-state index is 12.5. The second-order valence-corrected chi connectivity index (χ2v) is 5.24. The van der Waals surface area contributed by atoms with Crippen LogP contribution in [0.1, 0.15) is 18.9 Å². The second-order valence-electron chi connectivity index (χ2n) is 5.24. The number of carbonyl (C=O) groups is 1. The smallest absolute Gasteiger partial charge is 0.386 e. The molecule has 0 aliphatic carbocycles. The lowest BCUT2D eigenvalue weighted by Gasteiger charge is -2.35. The fourth-order valence-corrected chi connectivity index (χ4v) is 2.24. The minimum atomic E-state index is -4.39. The van der Waals surface area contributed by atoms with Crippen molar-refractivity contribution in [1.82, 2.24) is 9.88 Å². The van der Waals surface area contributed by atoms with Crippen LogP contribution >= 0.6 is 0 Å². The summed E-state index contributed by atoms with van der Waals surface area (Å²) in [5.41, 5.74) is -0.773. The van der Waals surface area contributed by atoms with E-state index in [-0.39, 0.29) is 12.5 Å². The zero-order valence-electron chi connectivity index (χ0n) is 13.3. The molecule has 6 nitrogen and oxygen atoms in total. The van der Waals surface area contributed by atoms with Crippen molar-refractivity contribution in [3.63, 3.8) is 0 Å². The first-order valence-electron chi connectivity index (χ1n) is 7.61. The SMILES string of the molecule is CCC=NOCC(=O)N1CCN(c2ccc(C(F)(F)F)cn2)CC1. The molecule has 1 aromatic heterocycles. The van der Waals surface area contributed by atoms with Crippen LogP contribution in [-0.2, 0) is 15.8 Å². The summed E-state index contributed by atoms with van der Waals surface area (Å²) in [5.74, 6) is 0.308. The highest BCUT2D eigenvalue weighted by Gasteiger charge is 2.31. The van der Waals surface area contributed by atoms with Crippen molar-refractivity contribution >= 4 is 17.9 Å². The highest BCUT2D eigenvalue weighted by Crippen LogP contribution is 2.29. The minimum absolute atomic E-state index is 0.116. The molecule has 0 N–H and O–H groups in total. The number of oxime groups is 1. The third-order valence-electron chi connectivity index (χ3n) is 3.55. The first-order valence-corrected chi connectivity index (χ1v) is 7.61. The number of hydrogen-bond acceptors (Lipinski definition) is 5. The molecule has 0 aromatic carbocycles. The Morgan fingerprint density at radius 1 is 1.33 bits per heavy atom. The number of halogens is 3. The van der Waals surface area contributed by atoms with Gasteiger partial charge in [0.15, 0.2) is 6.61 Å². The molecule has 0 unspecified atom stereocenters. The summed E-state index contributed by atoms with van der Waals surface area (Å²) in [6, 6.07) is 2.36. The van der Waals surface area contributed by atoms with Crippen LogP contribution in [0, 0.1) is 0 Å². The van der Waals surface area contributed by atoms with Crippen LogP contribution in [0.25, 0.3) is 0 Å². The predicted octanol–water partition coefficient (Wildman–Crippen LogP) is 2.16. The monoisotopic (exact) mass is 344 g/mol. The predicted molar refractivity (Wildman–Crippen MR) is 82.8 cm³/mol. The number of nitrogens with zero attached hydrogens (tertiary/aromatic N) is 4. The Bertz CT molecular complexity index is 567. The van der Waals surface area contributed by atoms with E-state index in [9.17, 15) is 18.0 Å². The molecule has 1 amide bonds. The van der Waals surface area contributed by atoms with Gasteiger partial charge in [0.05, 0.1) is 5.56 Å². The summed E-state index contributed by atoms with van der Waals surface area (Å²) in [4.78, 5) is 24.2. The Hall–Kier alpha value is -2.32. The van der Waals surface area contributed by atoms with Gasteiger partial charge < -0.3 is 14.6 Å². The number of anilines is 1. The van der Waals surface area contributed by atoms with Crippen LogP contribution in [-0.4, -0.2) is 54.8 Å². The van der Waals surface area contributed by atoms with Gasteiger partial charge in [0.2, 0.25) is 0 Å². The van der Waals surface area contributed by atoms with Gasteiger partial charge in [0.25, 0.3) is 5.91 Å². The van der Waals surface area contributed by atoms with Gasteiger partial charge in [0.1, 0.15) is 5.82 Å². The number of rotatable bonds is 5. The van der Waals surface area contributed by atoms with Crippen LogP contribution < -0.4 is 4.90 Å². The zero-order chi connectivity index (χ0) is 17.6. The number of amides is 1. The molecule has 0 bridgehead atoms. The molecule has 0 spiro atoms. The second kappa shape index (κ2) is 7.98. The Balaban J connectivity index is 1.84. The van der Waals surface area contributed by atoms with Gasteiger partial charge in [-0.25, -0.2) is 4.98 Å². The molecule has 2 heterocycles. The topological polar surface area (TPSA) is 58.0 Å². The summed E-state index contributed by atoms with van der Waals surface area (Å²) >= 11 is 0. The van der Waals surface area contributed by atoms with E-state index in [2.05, 4.69) is 10.1 Å². The standard InChI is InChI=1S/C15H19F3N4O2/c1-2-5-20-24-11-14(23)22-8-6-21(7-9-22)13-4-3-12(10-19-13)15(16,17)18/h3-5,10H,2,6-9,11H2,1H3. The molecule has 1 aliphatic heterocycles. The molecule has 1 aromatic rings. The molecule has 1 fully saturated rings. The van der Waals surface area contributed by atoms with E-state index in [0.717, 1.165) is 18.7 Å². The van der Waals surface area contributed by atoms with Crippen LogP contribution in [0.4, 0.5) is 19.0 Å².